The van der Waals surface area contributed by atoms with E-state index in [1.807, 2.05) is 20.2 Å². The second kappa shape index (κ2) is 5.15. The van der Waals surface area contributed by atoms with Gasteiger partial charge in [-0.05, 0) is 44.4 Å². The van der Waals surface area contributed by atoms with E-state index in [0.717, 1.165) is 25.1 Å². The van der Waals surface area contributed by atoms with Crippen LogP contribution in [-0.4, -0.2) is 24.2 Å². The number of ether oxygens (including phenoxy) is 1. The Bertz CT molecular complexity index is 351. The van der Waals surface area contributed by atoms with Crippen LogP contribution in [0.5, 0.6) is 0 Å². The molecule has 1 aromatic heterocycles. The highest BCUT2D eigenvalue weighted by Crippen LogP contribution is 2.44. The van der Waals surface area contributed by atoms with E-state index in [-0.39, 0.29) is 11.6 Å². The Morgan fingerprint density at radius 1 is 1.47 bits per heavy atom. The first-order chi connectivity index (χ1) is 8.22. The molecule has 1 aromatic rings. The van der Waals surface area contributed by atoms with Crippen molar-refractivity contribution in [3.63, 3.8) is 0 Å². The average Bonchev–Trinajstić information content (AvgIpc) is 2.28. The van der Waals surface area contributed by atoms with Crippen LogP contribution in [0.1, 0.15) is 43.5 Å². The second-order valence-electron chi connectivity index (χ2n) is 4.85. The quantitative estimate of drug-likeness (QED) is 0.850. The van der Waals surface area contributed by atoms with Gasteiger partial charge in [0, 0.05) is 19.0 Å². The van der Waals surface area contributed by atoms with E-state index in [4.69, 9.17) is 4.74 Å². The summed E-state index contributed by atoms with van der Waals surface area (Å²) in [5.74, 6) is 0. The number of pyridine rings is 1. The minimum Gasteiger partial charge on any atom is -0.376 e. The van der Waals surface area contributed by atoms with Gasteiger partial charge in [-0.2, -0.15) is 0 Å². The molecular weight excluding hydrogens is 212 g/mol. The van der Waals surface area contributed by atoms with Crippen molar-refractivity contribution in [2.45, 2.75) is 44.8 Å². The van der Waals surface area contributed by atoms with Crippen LogP contribution >= 0.6 is 0 Å². The molecule has 0 bridgehead atoms. The molecule has 1 atom stereocenters. The molecule has 3 nitrogen and oxygen atoms in total. The first-order valence-corrected chi connectivity index (χ1v) is 6.43. The molecule has 1 heterocycles. The zero-order valence-corrected chi connectivity index (χ0v) is 11.0. The summed E-state index contributed by atoms with van der Waals surface area (Å²) in [4.78, 5) is 4.39. The number of rotatable bonds is 5. The SMILES string of the molecule is CCNC(c1ccc(C)nc1)C1(OC)CCC1. The molecule has 0 spiro atoms. The number of aromatic nitrogens is 1. The smallest absolute Gasteiger partial charge is 0.0873 e. The van der Waals surface area contributed by atoms with Crippen molar-refractivity contribution < 1.29 is 4.74 Å². The maximum Gasteiger partial charge on any atom is 0.0873 e. The molecule has 1 aliphatic rings. The van der Waals surface area contributed by atoms with Crippen molar-refractivity contribution in [1.82, 2.24) is 10.3 Å². The van der Waals surface area contributed by atoms with Crippen LogP contribution in [0, 0.1) is 6.92 Å². The molecule has 0 radical (unpaired) electrons. The molecule has 0 saturated heterocycles. The minimum atomic E-state index is -0.0209. The Kier molecular flexibility index (Phi) is 3.79. The van der Waals surface area contributed by atoms with Crippen molar-refractivity contribution in [3.8, 4) is 0 Å². The molecule has 1 aliphatic carbocycles. The average molecular weight is 234 g/mol. The topological polar surface area (TPSA) is 34.2 Å². The number of likely N-dealkylation sites (N-methyl/N-ethyl adjacent to an activating group) is 1. The molecule has 0 aliphatic heterocycles. The van der Waals surface area contributed by atoms with Gasteiger partial charge in [-0.3, -0.25) is 4.98 Å². The van der Waals surface area contributed by atoms with E-state index < -0.39 is 0 Å². The summed E-state index contributed by atoms with van der Waals surface area (Å²) in [7, 11) is 1.82. The first-order valence-electron chi connectivity index (χ1n) is 6.43. The maximum atomic E-state index is 5.78. The van der Waals surface area contributed by atoms with E-state index in [9.17, 15) is 0 Å². The lowest BCUT2D eigenvalue weighted by Crippen LogP contribution is -2.50. The normalized spacial score (nSPS) is 19.7. The third kappa shape index (κ3) is 2.35. The number of aryl methyl sites for hydroxylation is 1. The van der Waals surface area contributed by atoms with Crippen LogP contribution in [0.2, 0.25) is 0 Å². The fourth-order valence-corrected chi connectivity index (χ4v) is 2.60. The van der Waals surface area contributed by atoms with Gasteiger partial charge in [0.25, 0.3) is 0 Å². The zero-order chi connectivity index (χ0) is 12.3. The van der Waals surface area contributed by atoms with Crippen LogP contribution in [-0.2, 0) is 4.74 Å². The standard InChI is InChI=1S/C14H22N2O/c1-4-15-13(14(17-3)8-5-9-14)12-7-6-11(2)16-10-12/h6-7,10,13,15H,4-5,8-9H2,1-3H3. The second-order valence-corrected chi connectivity index (χ2v) is 4.85. The van der Waals surface area contributed by atoms with E-state index in [1.54, 1.807) is 0 Å². The fourth-order valence-electron chi connectivity index (χ4n) is 2.60. The highest BCUT2D eigenvalue weighted by atomic mass is 16.5. The van der Waals surface area contributed by atoms with Crippen LogP contribution in [0.15, 0.2) is 18.3 Å². The Labute approximate surface area is 104 Å². The fraction of sp³-hybridized carbons (Fsp3) is 0.643. The van der Waals surface area contributed by atoms with Gasteiger partial charge in [0.2, 0.25) is 0 Å². The first kappa shape index (κ1) is 12.5. The maximum absolute atomic E-state index is 5.78. The van der Waals surface area contributed by atoms with Crippen molar-refractivity contribution in [2.24, 2.45) is 0 Å². The number of hydrogen-bond donors (Lipinski definition) is 1. The summed E-state index contributed by atoms with van der Waals surface area (Å²) in [6, 6.07) is 4.50. The van der Waals surface area contributed by atoms with Crippen LogP contribution in [0.4, 0.5) is 0 Å². The molecule has 3 heteroatoms. The molecule has 94 valence electrons. The van der Waals surface area contributed by atoms with Crippen molar-refractivity contribution in [2.75, 3.05) is 13.7 Å². The highest BCUT2D eigenvalue weighted by molar-refractivity contribution is 5.22. The van der Waals surface area contributed by atoms with Gasteiger partial charge in [-0.15, -0.1) is 0 Å². The summed E-state index contributed by atoms with van der Waals surface area (Å²) < 4.78 is 5.78. The Morgan fingerprint density at radius 3 is 2.65 bits per heavy atom. The number of hydrogen-bond acceptors (Lipinski definition) is 3. The molecule has 1 unspecified atom stereocenters. The molecular formula is C14H22N2O. The van der Waals surface area contributed by atoms with Gasteiger partial charge in [0.15, 0.2) is 0 Å². The Balaban J connectivity index is 2.25. The van der Waals surface area contributed by atoms with E-state index in [0.29, 0.717) is 0 Å². The van der Waals surface area contributed by atoms with E-state index >= 15 is 0 Å². The van der Waals surface area contributed by atoms with Crippen LogP contribution in [0.25, 0.3) is 0 Å². The summed E-state index contributed by atoms with van der Waals surface area (Å²) in [6.07, 6.45) is 5.50. The van der Waals surface area contributed by atoms with Gasteiger partial charge in [-0.25, -0.2) is 0 Å². The largest absolute Gasteiger partial charge is 0.376 e. The van der Waals surface area contributed by atoms with Crippen LogP contribution < -0.4 is 5.32 Å². The molecule has 17 heavy (non-hydrogen) atoms. The molecule has 1 fully saturated rings. The summed E-state index contributed by atoms with van der Waals surface area (Å²) in [5, 5.41) is 3.55. The lowest BCUT2D eigenvalue weighted by Gasteiger charge is -2.46. The summed E-state index contributed by atoms with van der Waals surface area (Å²) in [6.45, 7) is 5.10. The molecule has 1 saturated carbocycles. The van der Waals surface area contributed by atoms with Gasteiger partial charge >= 0.3 is 0 Å². The van der Waals surface area contributed by atoms with E-state index in [1.165, 1.54) is 12.0 Å². The minimum absolute atomic E-state index is 0.0209. The Hall–Kier alpha value is -0.930. The van der Waals surface area contributed by atoms with E-state index in [2.05, 4.69) is 29.4 Å². The highest BCUT2D eigenvalue weighted by Gasteiger charge is 2.44. The van der Waals surface area contributed by atoms with Crippen molar-refractivity contribution in [1.29, 1.82) is 0 Å². The number of nitrogens with one attached hydrogen (secondary N) is 1. The molecule has 0 amide bonds. The summed E-state index contributed by atoms with van der Waals surface area (Å²) in [5.41, 5.74) is 2.27. The van der Waals surface area contributed by atoms with Gasteiger partial charge < -0.3 is 10.1 Å². The van der Waals surface area contributed by atoms with Crippen molar-refractivity contribution in [3.05, 3.63) is 29.6 Å². The van der Waals surface area contributed by atoms with Gasteiger partial charge in [0.1, 0.15) is 0 Å². The lowest BCUT2D eigenvalue weighted by molar-refractivity contribution is -0.0995. The number of nitrogens with zero attached hydrogens (tertiary/aromatic N) is 1. The summed E-state index contributed by atoms with van der Waals surface area (Å²) >= 11 is 0. The monoisotopic (exact) mass is 234 g/mol. The third-order valence-electron chi connectivity index (χ3n) is 3.81. The predicted molar refractivity (Wildman–Crippen MR) is 69.0 cm³/mol. The van der Waals surface area contributed by atoms with Crippen LogP contribution in [0.3, 0.4) is 0 Å². The predicted octanol–water partition coefficient (Wildman–Crippen LogP) is 2.61. The molecule has 1 N–H and O–H groups in total. The molecule has 2 rings (SSSR count). The lowest BCUT2D eigenvalue weighted by atomic mass is 9.72. The zero-order valence-electron chi connectivity index (χ0n) is 11.0. The Morgan fingerprint density at radius 2 is 2.24 bits per heavy atom. The number of methoxy groups -OCH3 is 1. The van der Waals surface area contributed by atoms with Gasteiger partial charge in [0.05, 0.1) is 11.6 Å². The molecule has 0 aromatic carbocycles. The van der Waals surface area contributed by atoms with Gasteiger partial charge in [-0.1, -0.05) is 13.0 Å². The third-order valence-corrected chi connectivity index (χ3v) is 3.81. The van der Waals surface area contributed by atoms with Crippen molar-refractivity contribution >= 4 is 0 Å².